The van der Waals surface area contributed by atoms with Gasteiger partial charge in [-0.3, -0.25) is 4.90 Å². The molecule has 164 valence electrons. The molecule has 1 aliphatic heterocycles. The van der Waals surface area contributed by atoms with Crippen molar-refractivity contribution in [2.45, 2.75) is 44.8 Å². The predicted octanol–water partition coefficient (Wildman–Crippen LogP) is 5.40. The highest BCUT2D eigenvalue weighted by molar-refractivity contribution is 5.76. The van der Waals surface area contributed by atoms with Crippen LogP contribution >= 0.6 is 0 Å². The Morgan fingerprint density at radius 3 is 2.45 bits per heavy atom. The van der Waals surface area contributed by atoms with Crippen molar-refractivity contribution in [3.8, 4) is 11.5 Å². The molecule has 2 heterocycles. The summed E-state index contributed by atoms with van der Waals surface area (Å²) in [5, 5.41) is 6.54. The Bertz CT molecular complexity index is 973. The number of likely N-dealkylation sites (tertiary alicyclic amines) is 1. The van der Waals surface area contributed by atoms with Gasteiger partial charge in [-0.2, -0.15) is 13.2 Å². The van der Waals surface area contributed by atoms with E-state index in [9.17, 15) is 18.0 Å². The van der Waals surface area contributed by atoms with E-state index in [1.54, 1.807) is 29.2 Å². The summed E-state index contributed by atoms with van der Waals surface area (Å²) in [6.07, 6.45) is 6.16. The van der Waals surface area contributed by atoms with Gasteiger partial charge in [0.25, 0.3) is 0 Å². The zero-order valence-electron chi connectivity index (χ0n) is 16.9. The fourth-order valence-corrected chi connectivity index (χ4v) is 3.75. The second-order valence-electron chi connectivity index (χ2n) is 7.65. The normalized spacial score (nSPS) is 16.9. The number of aromatic nitrogens is 2. The van der Waals surface area contributed by atoms with E-state index in [4.69, 9.17) is 4.42 Å². The van der Waals surface area contributed by atoms with Gasteiger partial charge in [0.2, 0.25) is 5.89 Å². The van der Waals surface area contributed by atoms with Gasteiger partial charge in [0.1, 0.15) is 0 Å². The third-order valence-corrected chi connectivity index (χ3v) is 5.41. The Morgan fingerprint density at radius 2 is 1.84 bits per heavy atom. The first-order chi connectivity index (χ1) is 14.9. The molecule has 0 bridgehead atoms. The van der Waals surface area contributed by atoms with Crippen LogP contribution in [0.1, 0.15) is 43.6 Å². The lowest BCUT2D eigenvalue weighted by Crippen LogP contribution is -2.44. The van der Waals surface area contributed by atoms with Gasteiger partial charge < -0.3 is 9.32 Å². The van der Waals surface area contributed by atoms with Crippen LogP contribution in [0, 0.1) is 0 Å². The molecule has 0 atom stereocenters. The number of alkyl halides is 3. The summed E-state index contributed by atoms with van der Waals surface area (Å²) in [4.78, 5) is 16.9. The van der Waals surface area contributed by atoms with Gasteiger partial charge in [-0.15, -0.1) is 10.2 Å². The predicted molar refractivity (Wildman–Crippen MR) is 108 cm³/mol. The summed E-state index contributed by atoms with van der Waals surface area (Å²) >= 11 is 0. The van der Waals surface area contributed by atoms with Crippen LogP contribution in [0.2, 0.25) is 0 Å². The maximum atomic E-state index is 13.2. The Kier molecular flexibility index (Phi) is 6.11. The first-order valence-corrected chi connectivity index (χ1v) is 10.3. The summed E-state index contributed by atoms with van der Waals surface area (Å²) < 4.78 is 42.8. The molecule has 1 aromatic carbocycles. The Balaban J connectivity index is 1.52. The van der Waals surface area contributed by atoms with E-state index in [1.807, 2.05) is 17.1 Å². The van der Waals surface area contributed by atoms with Crippen LogP contribution in [0.5, 0.6) is 0 Å². The van der Waals surface area contributed by atoms with Crippen LogP contribution in [0.4, 0.5) is 18.0 Å². The smallest absolute Gasteiger partial charge is 0.413 e. The highest BCUT2D eigenvalue weighted by Gasteiger charge is 2.38. The van der Waals surface area contributed by atoms with Crippen LogP contribution in [-0.4, -0.2) is 39.1 Å². The summed E-state index contributed by atoms with van der Waals surface area (Å²) in [5.74, 6) is -1.57. The molecule has 1 saturated heterocycles. The largest absolute Gasteiger partial charge is 0.470 e. The van der Waals surface area contributed by atoms with Crippen molar-refractivity contribution in [2.75, 3.05) is 13.1 Å². The van der Waals surface area contributed by atoms with Gasteiger partial charge in [0.05, 0.1) is 6.54 Å². The molecule has 31 heavy (non-hydrogen) atoms. The summed E-state index contributed by atoms with van der Waals surface area (Å²) in [7, 11) is 0. The van der Waals surface area contributed by atoms with E-state index in [-0.39, 0.29) is 11.9 Å². The molecular weight excluding hydrogens is 409 g/mol. The molecule has 1 aromatic heterocycles. The van der Waals surface area contributed by atoms with E-state index in [2.05, 4.69) is 16.3 Å². The van der Waals surface area contributed by atoms with Crippen molar-refractivity contribution in [2.24, 2.45) is 0 Å². The average Bonchev–Trinajstić information content (AvgIpc) is 3.30. The Labute approximate surface area is 178 Å². The summed E-state index contributed by atoms with van der Waals surface area (Å²) in [5.41, 5.74) is 2.22. The number of piperidine rings is 1. The minimum Gasteiger partial charge on any atom is -0.413 e. The van der Waals surface area contributed by atoms with E-state index in [1.165, 1.54) is 0 Å². The topological polar surface area (TPSA) is 62.5 Å². The molecule has 0 radical (unpaired) electrons. The number of nitrogens with zero attached hydrogens (tertiary/aromatic N) is 4. The molecule has 0 spiro atoms. The summed E-state index contributed by atoms with van der Waals surface area (Å²) in [6, 6.07) is 6.78. The number of hydrogen-bond acceptors (Lipinski definition) is 4. The number of halogens is 3. The molecule has 2 aromatic rings. The number of urea groups is 1. The molecule has 2 aliphatic rings. The number of carbonyl (C=O) groups excluding carboxylic acids is 1. The van der Waals surface area contributed by atoms with Crippen molar-refractivity contribution in [3.05, 3.63) is 59.6 Å². The third kappa shape index (κ3) is 4.98. The number of hydrogen-bond donors (Lipinski definition) is 0. The molecule has 9 heteroatoms. The molecule has 1 aliphatic carbocycles. The first kappa shape index (κ1) is 21.1. The van der Waals surface area contributed by atoms with Crippen molar-refractivity contribution in [1.82, 2.24) is 20.0 Å². The van der Waals surface area contributed by atoms with Crippen molar-refractivity contribution < 1.29 is 22.4 Å². The molecule has 0 unspecified atom stereocenters. The van der Waals surface area contributed by atoms with Gasteiger partial charge >= 0.3 is 18.1 Å². The lowest BCUT2D eigenvalue weighted by Gasteiger charge is -2.34. The molecule has 0 saturated carbocycles. The quantitative estimate of drug-likeness (QED) is 0.649. The van der Waals surface area contributed by atoms with E-state index in [0.717, 1.165) is 56.5 Å². The fourth-order valence-electron chi connectivity index (χ4n) is 3.75. The average molecular weight is 432 g/mol. The van der Waals surface area contributed by atoms with Crippen molar-refractivity contribution >= 4 is 6.03 Å². The maximum absolute atomic E-state index is 13.2. The van der Waals surface area contributed by atoms with Crippen molar-refractivity contribution in [3.63, 3.8) is 0 Å². The number of rotatable bonds is 4. The number of benzene rings is 1. The molecule has 2 amide bonds. The summed E-state index contributed by atoms with van der Waals surface area (Å²) in [6.45, 7) is 1.90. The SMILES string of the molecule is O=C(N1CCCCC1)N(Cc1ccc(-c2nnc(C(F)(F)F)o2)cc1)C1=CC=CCC1. The highest BCUT2D eigenvalue weighted by Crippen LogP contribution is 2.30. The highest BCUT2D eigenvalue weighted by atomic mass is 19.4. The lowest BCUT2D eigenvalue weighted by atomic mass is 10.1. The van der Waals surface area contributed by atoms with Crippen LogP contribution in [0.25, 0.3) is 11.5 Å². The zero-order chi connectivity index (χ0) is 21.8. The van der Waals surface area contributed by atoms with Gasteiger partial charge in [0, 0.05) is 24.4 Å². The number of amides is 2. The fraction of sp³-hybridized carbons (Fsp3) is 0.409. The standard InChI is InChI=1S/C22H23F3N4O2/c23-22(24,25)20-27-26-19(31-20)17-11-9-16(10-12-17)15-29(18-7-3-1-4-8-18)21(30)28-13-5-2-6-14-28/h1,3,7,9-12H,2,4-6,8,13-15H2. The Hall–Kier alpha value is -3.10. The molecular formula is C22H23F3N4O2. The second-order valence-corrected chi connectivity index (χ2v) is 7.65. The first-order valence-electron chi connectivity index (χ1n) is 10.3. The molecule has 4 rings (SSSR count). The second kappa shape index (κ2) is 8.95. The lowest BCUT2D eigenvalue weighted by molar-refractivity contribution is -0.156. The van der Waals surface area contributed by atoms with Gasteiger partial charge in [0.15, 0.2) is 0 Å². The van der Waals surface area contributed by atoms with E-state index in [0.29, 0.717) is 12.1 Å². The van der Waals surface area contributed by atoms with Gasteiger partial charge in [-0.05, 0) is 55.9 Å². The number of carbonyl (C=O) groups is 1. The molecule has 1 fully saturated rings. The monoisotopic (exact) mass is 432 g/mol. The number of allylic oxidation sites excluding steroid dienone is 4. The van der Waals surface area contributed by atoms with Crippen molar-refractivity contribution in [1.29, 1.82) is 0 Å². The molecule has 0 N–H and O–H groups in total. The molecule has 6 nitrogen and oxygen atoms in total. The van der Waals surface area contributed by atoms with Gasteiger partial charge in [-0.25, -0.2) is 4.79 Å². The van der Waals surface area contributed by atoms with Crippen LogP contribution in [0.15, 0.2) is 52.6 Å². The minimum atomic E-state index is -4.68. The maximum Gasteiger partial charge on any atom is 0.470 e. The zero-order valence-corrected chi connectivity index (χ0v) is 16.9. The third-order valence-electron chi connectivity index (χ3n) is 5.41. The van der Waals surface area contributed by atoms with Gasteiger partial charge in [-0.1, -0.05) is 24.3 Å². The van der Waals surface area contributed by atoms with E-state index < -0.39 is 12.1 Å². The van der Waals surface area contributed by atoms with Crippen LogP contribution < -0.4 is 0 Å². The van der Waals surface area contributed by atoms with E-state index >= 15 is 0 Å². The van der Waals surface area contributed by atoms with Crippen LogP contribution in [0.3, 0.4) is 0 Å². The Morgan fingerprint density at radius 1 is 1.10 bits per heavy atom. The minimum absolute atomic E-state index is 0.00273. The van der Waals surface area contributed by atoms with Crippen LogP contribution in [-0.2, 0) is 12.7 Å².